The second-order valence-corrected chi connectivity index (χ2v) is 8.00. The van der Waals surface area contributed by atoms with Crippen LogP contribution in [0, 0.1) is 6.92 Å². The van der Waals surface area contributed by atoms with E-state index in [4.69, 9.17) is 5.73 Å². The highest BCUT2D eigenvalue weighted by Gasteiger charge is 2.26. The summed E-state index contributed by atoms with van der Waals surface area (Å²) in [6.07, 6.45) is 0. The number of amides is 1. The first-order valence-corrected chi connectivity index (χ1v) is 10.8. The molecule has 0 unspecified atom stereocenters. The number of benzene rings is 4. The molecule has 1 heterocycles. The van der Waals surface area contributed by atoms with E-state index in [9.17, 15) is 4.79 Å². The van der Waals surface area contributed by atoms with Crippen molar-refractivity contribution in [2.75, 3.05) is 0 Å². The molecular weight excluding hydrogens is 392 g/mol. The number of nitrogens with zero attached hydrogens (tertiary/aromatic N) is 1. The Kier molecular flexibility index (Phi) is 5.08. The third-order valence-electron chi connectivity index (χ3n) is 6.09. The molecule has 0 spiro atoms. The Morgan fingerprint density at radius 3 is 2.03 bits per heavy atom. The molecule has 0 aliphatic rings. The third kappa shape index (κ3) is 3.38. The average Bonchev–Trinajstić information content (AvgIpc) is 3.12. The van der Waals surface area contributed by atoms with Gasteiger partial charge in [0.25, 0.3) is 5.91 Å². The minimum atomic E-state index is -0.407. The SMILES string of the molecule is Cc1c(C(N)=O)c(-c2ccccc2)c(-c2ccccc2)n1Cc1cccc2ccccc12. The number of aromatic nitrogens is 1. The second kappa shape index (κ2) is 8.20. The lowest BCUT2D eigenvalue weighted by Gasteiger charge is -2.15. The molecule has 0 fully saturated rings. The Hall–Kier alpha value is -4.11. The maximum absolute atomic E-state index is 12.7. The van der Waals surface area contributed by atoms with Gasteiger partial charge in [-0.15, -0.1) is 0 Å². The van der Waals surface area contributed by atoms with Gasteiger partial charge in [-0.25, -0.2) is 0 Å². The van der Waals surface area contributed by atoms with Crippen LogP contribution in [0.5, 0.6) is 0 Å². The number of carbonyl (C=O) groups is 1. The van der Waals surface area contributed by atoms with Crippen LogP contribution in [0.1, 0.15) is 21.6 Å². The minimum Gasteiger partial charge on any atom is -0.366 e. The van der Waals surface area contributed by atoms with Gasteiger partial charge in [0.2, 0.25) is 0 Å². The number of rotatable bonds is 5. The van der Waals surface area contributed by atoms with E-state index < -0.39 is 5.91 Å². The molecule has 0 aliphatic heterocycles. The van der Waals surface area contributed by atoms with Crippen LogP contribution in [0.4, 0.5) is 0 Å². The van der Waals surface area contributed by atoms with E-state index in [0.29, 0.717) is 12.1 Å². The molecule has 0 atom stereocenters. The number of nitrogens with two attached hydrogens (primary N) is 1. The standard InChI is InChI=1S/C29H24N2O/c1-20-26(29(30)32)27(22-12-4-2-5-13-22)28(23-14-6-3-7-15-23)31(20)19-24-17-10-16-21-11-8-9-18-25(21)24/h2-18H,19H2,1H3,(H2,30,32). The van der Waals surface area contributed by atoms with Crippen molar-refractivity contribution in [3.63, 3.8) is 0 Å². The molecule has 1 amide bonds. The summed E-state index contributed by atoms with van der Waals surface area (Å²) in [4.78, 5) is 12.7. The first kappa shape index (κ1) is 19.8. The predicted octanol–water partition coefficient (Wildman–Crippen LogP) is 6.43. The van der Waals surface area contributed by atoms with Gasteiger partial charge in [-0.1, -0.05) is 103 Å². The van der Waals surface area contributed by atoms with Crippen LogP contribution >= 0.6 is 0 Å². The molecule has 3 nitrogen and oxygen atoms in total. The molecule has 3 heteroatoms. The van der Waals surface area contributed by atoms with Crippen LogP contribution in [-0.2, 0) is 6.54 Å². The fourth-order valence-corrected chi connectivity index (χ4v) is 4.62. The predicted molar refractivity (Wildman–Crippen MR) is 132 cm³/mol. The summed E-state index contributed by atoms with van der Waals surface area (Å²) in [5.41, 5.74) is 12.5. The smallest absolute Gasteiger partial charge is 0.251 e. The molecule has 5 rings (SSSR count). The molecule has 0 bridgehead atoms. The van der Waals surface area contributed by atoms with Crippen LogP contribution in [0.25, 0.3) is 33.2 Å². The average molecular weight is 417 g/mol. The van der Waals surface area contributed by atoms with Crippen molar-refractivity contribution < 1.29 is 4.79 Å². The van der Waals surface area contributed by atoms with Crippen molar-refractivity contribution >= 4 is 16.7 Å². The zero-order valence-corrected chi connectivity index (χ0v) is 18.0. The summed E-state index contributed by atoms with van der Waals surface area (Å²) < 4.78 is 2.24. The first-order chi connectivity index (χ1) is 15.6. The number of fused-ring (bicyclic) bond motifs is 1. The van der Waals surface area contributed by atoms with E-state index in [1.165, 1.54) is 16.3 Å². The van der Waals surface area contributed by atoms with Crippen molar-refractivity contribution in [2.24, 2.45) is 5.73 Å². The van der Waals surface area contributed by atoms with E-state index in [2.05, 4.69) is 59.2 Å². The minimum absolute atomic E-state index is 0.407. The van der Waals surface area contributed by atoms with Gasteiger partial charge in [-0.2, -0.15) is 0 Å². The van der Waals surface area contributed by atoms with Gasteiger partial charge in [0.05, 0.1) is 11.3 Å². The molecule has 5 aromatic rings. The van der Waals surface area contributed by atoms with Crippen molar-refractivity contribution in [1.82, 2.24) is 4.57 Å². The maximum Gasteiger partial charge on any atom is 0.251 e. The molecule has 4 aromatic carbocycles. The summed E-state index contributed by atoms with van der Waals surface area (Å²) in [5, 5.41) is 2.42. The van der Waals surface area contributed by atoms with Crippen LogP contribution < -0.4 is 5.73 Å². The van der Waals surface area contributed by atoms with Crippen molar-refractivity contribution in [3.8, 4) is 22.4 Å². The van der Waals surface area contributed by atoms with Crippen molar-refractivity contribution in [2.45, 2.75) is 13.5 Å². The molecule has 0 aliphatic carbocycles. The molecule has 156 valence electrons. The Labute approximate surface area is 187 Å². The quantitative estimate of drug-likeness (QED) is 0.352. The Morgan fingerprint density at radius 2 is 1.34 bits per heavy atom. The molecule has 0 saturated heterocycles. The highest BCUT2D eigenvalue weighted by atomic mass is 16.1. The maximum atomic E-state index is 12.7. The number of primary amides is 1. The van der Waals surface area contributed by atoms with Gasteiger partial charge in [-0.05, 0) is 34.4 Å². The van der Waals surface area contributed by atoms with E-state index in [1.807, 2.05) is 55.5 Å². The summed E-state index contributed by atoms with van der Waals surface area (Å²) in [7, 11) is 0. The Bertz CT molecular complexity index is 1410. The molecule has 0 saturated carbocycles. The van der Waals surface area contributed by atoms with E-state index in [1.54, 1.807) is 0 Å². The lowest BCUT2D eigenvalue weighted by molar-refractivity contribution is 0.1000. The van der Waals surface area contributed by atoms with Gasteiger partial charge in [0.15, 0.2) is 0 Å². The largest absolute Gasteiger partial charge is 0.366 e. The zero-order chi connectivity index (χ0) is 22.1. The monoisotopic (exact) mass is 416 g/mol. The normalized spacial score (nSPS) is 11.0. The molecule has 2 N–H and O–H groups in total. The third-order valence-corrected chi connectivity index (χ3v) is 6.09. The summed E-state index contributed by atoms with van der Waals surface area (Å²) >= 11 is 0. The lowest BCUT2D eigenvalue weighted by atomic mass is 9.96. The van der Waals surface area contributed by atoms with Gasteiger partial charge in [0, 0.05) is 17.8 Å². The topological polar surface area (TPSA) is 48.0 Å². The van der Waals surface area contributed by atoms with Crippen LogP contribution in [0.2, 0.25) is 0 Å². The summed E-state index contributed by atoms with van der Waals surface area (Å²) in [6.45, 7) is 2.63. The number of hydrogen-bond acceptors (Lipinski definition) is 1. The van der Waals surface area contributed by atoms with Crippen LogP contribution in [-0.4, -0.2) is 10.5 Å². The van der Waals surface area contributed by atoms with E-state index in [-0.39, 0.29) is 0 Å². The van der Waals surface area contributed by atoms with Gasteiger partial charge in [0.1, 0.15) is 0 Å². The first-order valence-electron chi connectivity index (χ1n) is 10.8. The fourth-order valence-electron chi connectivity index (χ4n) is 4.62. The lowest BCUT2D eigenvalue weighted by Crippen LogP contribution is -2.13. The Morgan fingerprint density at radius 1 is 0.750 bits per heavy atom. The summed E-state index contributed by atoms with van der Waals surface area (Å²) in [5.74, 6) is -0.407. The van der Waals surface area contributed by atoms with Gasteiger partial charge >= 0.3 is 0 Å². The van der Waals surface area contributed by atoms with Crippen LogP contribution in [0.15, 0.2) is 103 Å². The Balaban J connectivity index is 1.82. The zero-order valence-electron chi connectivity index (χ0n) is 18.0. The van der Waals surface area contributed by atoms with E-state index >= 15 is 0 Å². The van der Waals surface area contributed by atoms with Crippen LogP contribution in [0.3, 0.4) is 0 Å². The molecule has 0 radical (unpaired) electrons. The molecule has 32 heavy (non-hydrogen) atoms. The van der Waals surface area contributed by atoms with Crippen molar-refractivity contribution in [1.29, 1.82) is 0 Å². The van der Waals surface area contributed by atoms with E-state index in [0.717, 1.165) is 28.1 Å². The highest BCUT2D eigenvalue weighted by molar-refractivity contribution is 6.05. The highest BCUT2D eigenvalue weighted by Crippen LogP contribution is 2.39. The van der Waals surface area contributed by atoms with Crippen molar-refractivity contribution in [3.05, 3.63) is 120 Å². The second-order valence-electron chi connectivity index (χ2n) is 8.00. The van der Waals surface area contributed by atoms with Gasteiger partial charge < -0.3 is 10.3 Å². The summed E-state index contributed by atoms with van der Waals surface area (Å²) in [6, 6.07) is 35.1. The fraction of sp³-hybridized carbons (Fsp3) is 0.0690. The van der Waals surface area contributed by atoms with Gasteiger partial charge in [-0.3, -0.25) is 4.79 Å². The molecule has 1 aromatic heterocycles. The number of hydrogen-bond donors (Lipinski definition) is 1. The molecular formula is C29H24N2O. The number of carbonyl (C=O) groups excluding carboxylic acids is 1.